The van der Waals surface area contributed by atoms with E-state index in [4.69, 9.17) is 14.6 Å². The second-order valence-corrected chi connectivity index (χ2v) is 8.75. The molecule has 2 aromatic carbocycles. The van der Waals surface area contributed by atoms with Gasteiger partial charge in [-0.15, -0.1) is 5.10 Å². The first kappa shape index (κ1) is 22.3. The Morgan fingerprint density at radius 2 is 1.82 bits per heavy atom. The first-order chi connectivity index (χ1) is 16.5. The van der Waals surface area contributed by atoms with Gasteiger partial charge in [-0.1, -0.05) is 42.5 Å². The van der Waals surface area contributed by atoms with Crippen LogP contribution < -0.4 is 15.0 Å². The van der Waals surface area contributed by atoms with E-state index in [2.05, 4.69) is 34.6 Å². The Bertz CT molecular complexity index is 1280. The molecule has 1 N–H and O–H groups in total. The zero-order valence-electron chi connectivity index (χ0n) is 20.0. The van der Waals surface area contributed by atoms with Crippen molar-refractivity contribution in [1.82, 2.24) is 25.3 Å². The third-order valence-corrected chi connectivity index (χ3v) is 6.18. The lowest BCUT2D eigenvalue weighted by Crippen LogP contribution is -2.43. The number of morpholine rings is 1. The summed E-state index contributed by atoms with van der Waals surface area (Å²) in [6.45, 7) is 6.27. The van der Waals surface area contributed by atoms with Gasteiger partial charge in [0.05, 0.1) is 23.4 Å². The molecule has 0 amide bonds. The van der Waals surface area contributed by atoms with Crippen molar-refractivity contribution >= 4 is 16.7 Å². The van der Waals surface area contributed by atoms with Crippen molar-refractivity contribution in [2.24, 2.45) is 0 Å². The van der Waals surface area contributed by atoms with Crippen molar-refractivity contribution in [2.45, 2.75) is 26.1 Å². The summed E-state index contributed by atoms with van der Waals surface area (Å²) in [4.78, 5) is 1.94. The number of aryl methyl sites for hydroxylation is 2. The molecule has 0 aliphatic carbocycles. The minimum absolute atomic E-state index is 0.0991. The van der Waals surface area contributed by atoms with E-state index in [1.807, 2.05) is 73.1 Å². The van der Waals surface area contributed by atoms with Crippen molar-refractivity contribution in [3.63, 3.8) is 0 Å². The maximum Gasteiger partial charge on any atom is 0.179 e. The van der Waals surface area contributed by atoms with Crippen LogP contribution in [0.4, 0.5) is 5.82 Å². The summed E-state index contributed by atoms with van der Waals surface area (Å²) >= 11 is 0. The van der Waals surface area contributed by atoms with Crippen LogP contribution in [0, 0.1) is 13.8 Å². The maximum absolute atomic E-state index is 6.72. The third kappa shape index (κ3) is 4.10. The van der Waals surface area contributed by atoms with Gasteiger partial charge >= 0.3 is 0 Å². The highest BCUT2D eigenvalue weighted by Gasteiger charge is 2.29. The van der Waals surface area contributed by atoms with E-state index in [0.29, 0.717) is 6.61 Å². The van der Waals surface area contributed by atoms with E-state index < -0.39 is 0 Å². The lowest BCUT2D eigenvalue weighted by molar-refractivity contribution is -0.0432. The van der Waals surface area contributed by atoms with Crippen molar-refractivity contribution < 1.29 is 9.47 Å². The summed E-state index contributed by atoms with van der Waals surface area (Å²) in [5.74, 6) is 1.48. The van der Waals surface area contributed by atoms with Crippen LogP contribution in [0.15, 0.2) is 54.6 Å². The molecule has 1 aliphatic heterocycles. The second-order valence-electron chi connectivity index (χ2n) is 8.75. The zero-order chi connectivity index (χ0) is 23.7. The van der Waals surface area contributed by atoms with Gasteiger partial charge in [0, 0.05) is 27.2 Å². The first-order valence-electron chi connectivity index (χ1n) is 11.6. The van der Waals surface area contributed by atoms with Crippen LogP contribution in [-0.4, -0.2) is 59.9 Å². The molecule has 0 radical (unpaired) electrons. The number of nitrogens with zero attached hydrogens (tertiary/aromatic N) is 5. The number of aromatic nitrogens is 4. The van der Waals surface area contributed by atoms with Crippen molar-refractivity contribution in [3.05, 3.63) is 71.5 Å². The second kappa shape index (κ2) is 9.40. The molecule has 0 bridgehead atoms. The van der Waals surface area contributed by atoms with Gasteiger partial charge in [-0.3, -0.25) is 0 Å². The molecule has 0 saturated carbocycles. The van der Waals surface area contributed by atoms with Gasteiger partial charge in [0.2, 0.25) is 0 Å². The van der Waals surface area contributed by atoms with Crippen LogP contribution in [-0.2, 0) is 4.74 Å². The Morgan fingerprint density at radius 1 is 1.06 bits per heavy atom. The van der Waals surface area contributed by atoms with E-state index in [1.54, 1.807) is 0 Å². The fraction of sp³-hybridized carbons (Fsp3) is 0.346. The minimum Gasteiger partial charge on any atom is -0.481 e. The summed E-state index contributed by atoms with van der Waals surface area (Å²) in [5.41, 5.74) is 4.61. The molecule has 2 atom stereocenters. The van der Waals surface area contributed by atoms with E-state index in [0.717, 1.165) is 58.2 Å². The number of fused-ring (bicyclic) bond motifs is 1. The highest BCUT2D eigenvalue weighted by atomic mass is 16.5. The summed E-state index contributed by atoms with van der Waals surface area (Å²) in [7, 11) is 3.90. The number of anilines is 1. The molecule has 4 aromatic rings. The monoisotopic (exact) mass is 458 g/mol. The minimum atomic E-state index is -0.261. The molecule has 3 heterocycles. The molecule has 2 aromatic heterocycles. The Hall–Kier alpha value is -3.49. The van der Waals surface area contributed by atoms with Crippen LogP contribution >= 0.6 is 0 Å². The van der Waals surface area contributed by atoms with Crippen LogP contribution in [0.25, 0.3) is 16.6 Å². The summed E-state index contributed by atoms with van der Waals surface area (Å²) < 4.78 is 14.8. The predicted molar refractivity (Wildman–Crippen MR) is 133 cm³/mol. The molecule has 0 spiro atoms. The summed E-state index contributed by atoms with van der Waals surface area (Å²) in [6, 6.07) is 18.3. The standard InChI is InChI=1S/C26H30N6O2/c1-17-23-18(2)32(30-24(23)26(29-28-17)31(3)4)20-12-8-9-13-21(20)34-25(19-10-6-5-7-11-19)22-16-27-14-15-33-22/h5-13,22,25,27H,14-16H2,1-4H3/t22-,25?/m1/s1. The van der Waals surface area contributed by atoms with Gasteiger partial charge in [-0.05, 0) is 31.5 Å². The molecule has 1 saturated heterocycles. The smallest absolute Gasteiger partial charge is 0.179 e. The quantitative estimate of drug-likeness (QED) is 0.473. The van der Waals surface area contributed by atoms with Gasteiger partial charge in [0.15, 0.2) is 11.9 Å². The van der Waals surface area contributed by atoms with E-state index >= 15 is 0 Å². The predicted octanol–water partition coefficient (Wildman–Crippen LogP) is 3.61. The first-order valence-corrected chi connectivity index (χ1v) is 11.6. The van der Waals surface area contributed by atoms with Gasteiger partial charge in [0.25, 0.3) is 0 Å². The zero-order valence-corrected chi connectivity index (χ0v) is 20.0. The fourth-order valence-electron chi connectivity index (χ4n) is 4.50. The topological polar surface area (TPSA) is 77.3 Å². The molecule has 176 valence electrons. The molecular weight excluding hydrogens is 428 g/mol. The van der Waals surface area contributed by atoms with Crippen LogP contribution in [0.2, 0.25) is 0 Å². The number of hydrogen-bond donors (Lipinski definition) is 1. The average Bonchev–Trinajstić information content (AvgIpc) is 3.21. The molecule has 34 heavy (non-hydrogen) atoms. The molecule has 8 heteroatoms. The number of benzene rings is 2. The highest BCUT2D eigenvalue weighted by molar-refractivity contribution is 5.92. The SMILES string of the molecule is Cc1nnc(N(C)C)c2nn(-c3ccccc3OC(c3ccccc3)[C@H]3CNCCO3)c(C)c12. The molecule has 8 nitrogen and oxygen atoms in total. The largest absolute Gasteiger partial charge is 0.481 e. The lowest BCUT2D eigenvalue weighted by atomic mass is 10.0. The Balaban J connectivity index is 1.60. The number of hydrogen-bond acceptors (Lipinski definition) is 7. The maximum atomic E-state index is 6.72. The van der Waals surface area contributed by atoms with Crippen LogP contribution in [0.5, 0.6) is 5.75 Å². The third-order valence-electron chi connectivity index (χ3n) is 6.18. The number of nitrogens with one attached hydrogen (secondary N) is 1. The Labute approximate surface area is 199 Å². The normalized spacial score (nSPS) is 17.0. The molecule has 1 aliphatic rings. The van der Waals surface area contributed by atoms with Crippen molar-refractivity contribution in [2.75, 3.05) is 38.7 Å². The molecule has 1 unspecified atom stereocenters. The fourth-order valence-corrected chi connectivity index (χ4v) is 4.50. The molecule has 1 fully saturated rings. The summed E-state index contributed by atoms with van der Waals surface area (Å²) in [6.07, 6.45) is -0.360. The van der Waals surface area contributed by atoms with E-state index in [-0.39, 0.29) is 12.2 Å². The van der Waals surface area contributed by atoms with Crippen molar-refractivity contribution in [1.29, 1.82) is 0 Å². The number of ether oxygens (including phenoxy) is 2. The molecule has 5 rings (SSSR count). The van der Waals surface area contributed by atoms with Crippen molar-refractivity contribution in [3.8, 4) is 11.4 Å². The van der Waals surface area contributed by atoms with Crippen LogP contribution in [0.3, 0.4) is 0 Å². The van der Waals surface area contributed by atoms with Crippen LogP contribution in [0.1, 0.15) is 23.1 Å². The van der Waals surface area contributed by atoms with E-state index in [9.17, 15) is 0 Å². The summed E-state index contributed by atoms with van der Waals surface area (Å²) in [5, 5.41) is 18.1. The number of para-hydroxylation sites is 2. The van der Waals surface area contributed by atoms with E-state index in [1.165, 1.54) is 0 Å². The van der Waals surface area contributed by atoms with Gasteiger partial charge in [-0.2, -0.15) is 10.2 Å². The van der Waals surface area contributed by atoms with Gasteiger partial charge in [-0.25, -0.2) is 4.68 Å². The highest BCUT2D eigenvalue weighted by Crippen LogP contribution is 2.34. The Kier molecular flexibility index (Phi) is 6.17. The van der Waals surface area contributed by atoms with Gasteiger partial charge < -0.3 is 19.7 Å². The average molecular weight is 459 g/mol. The lowest BCUT2D eigenvalue weighted by Gasteiger charge is -2.32. The molecular formula is C26H30N6O2. The number of rotatable bonds is 6. The Morgan fingerprint density at radius 3 is 2.56 bits per heavy atom. The van der Waals surface area contributed by atoms with Gasteiger partial charge in [0.1, 0.15) is 23.1 Å².